The van der Waals surface area contributed by atoms with Crippen molar-refractivity contribution < 1.29 is 66.0 Å². The molecule has 3 aliphatic heterocycles. The second-order valence-electron chi connectivity index (χ2n) is 15.9. The Kier molecular flexibility index (Phi) is 9.92. The Morgan fingerprint density at radius 3 is 2.32 bits per heavy atom. The van der Waals surface area contributed by atoms with Gasteiger partial charge in [0.2, 0.25) is 5.91 Å². The second kappa shape index (κ2) is 13.9. The van der Waals surface area contributed by atoms with E-state index < -0.39 is 96.5 Å². The second-order valence-corrected chi connectivity index (χ2v) is 15.9. The van der Waals surface area contributed by atoms with Crippen LogP contribution in [0.3, 0.4) is 0 Å². The molecule has 1 aromatic rings. The predicted octanol–water partition coefficient (Wildman–Crippen LogP) is 3.50. The number of alkyl halides is 3. The smallest absolute Gasteiger partial charge is 0.422 e. The third kappa shape index (κ3) is 7.70. The Bertz CT molecular complexity index is 1610. The minimum Gasteiger partial charge on any atom is -0.460 e. The molecule has 7 rings (SSSR count). The number of rotatable bonds is 13. The lowest BCUT2D eigenvalue weighted by Gasteiger charge is -2.49. The molecule has 2 N–H and O–H groups in total. The average molecular weight is 751 g/mol. The zero-order valence-corrected chi connectivity index (χ0v) is 29.8. The van der Waals surface area contributed by atoms with Crippen LogP contribution in [0.5, 0.6) is 0 Å². The van der Waals surface area contributed by atoms with Crippen LogP contribution in [0.1, 0.15) is 76.8 Å². The molecule has 6 aliphatic rings. The van der Waals surface area contributed by atoms with Gasteiger partial charge in [0.15, 0.2) is 18.4 Å². The van der Waals surface area contributed by atoms with Gasteiger partial charge in [0.05, 0.1) is 19.2 Å². The number of benzene rings is 1. The lowest BCUT2D eigenvalue weighted by molar-refractivity contribution is -0.235. The number of amides is 1. The van der Waals surface area contributed by atoms with E-state index in [4.69, 9.17) is 23.8 Å². The van der Waals surface area contributed by atoms with Crippen molar-refractivity contribution in [3.05, 3.63) is 41.5 Å². The molecule has 3 heterocycles. The number of hydrogen-bond acceptors (Lipinski definition) is 12. The van der Waals surface area contributed by atoms with Crippen molar-refractivity contribution >= 4 is 29.9 Å². The van der Waals surface area contributed by atoms with E-state index >= 15 is 0 Å². The minimum absolute atomic E-state index is 0.0320. The van der Waals surface area contributed by atoms with Gasteiger partial charge in [0, 0.05) is 30.8 Å². The molecule has 13 nitrogen and oxygen atoms in total. The Morgan fingerprint density at radius 1 is 1.06 bits per heavy atom. The molecule has 1 amide bonds. The first-order valence-electron chi connectivity index (χ1n) is 18.1. The van der Waals surface area contributed by atoms with E-state index in [9.17, 15) is 37.5 Å². The van der Waals surface area contributed by atoms with E-state index in [0.717, 1.165) is 31.8 Å². The van der Waals surface area contributed by atoms with Gasteiger partial charge in [-0.2, -0.15) is 18.2 Å². The van der Waals surface area contributed by atoms with Crippen molar-refractivity contribution in [3.63, 3.8) is 0 Å². The van der Waals surface area contributed by atoms with Crippen molar-refractivity contribution in [1.29, 1.82) is 0 Å². The standard InChI is InChI=1S/C37H45F3N2O11/c1-34(2,3)50-27(45)15-13-24(18-43)41-33(47)35-16-25-28-29(52-37(51-28,22-9-10-22)23-11-12-23)31(35)53-42(30(35)32(46)49-25)17-21-6-4-20(5-7-21)8-14-26(44)48-19-36(38,39)40/h4-8,14,22-25,28-31,43H,9-13,15-19H2,1-3H3,(H,41,47). The number of halogens is 3. The highest BCUT2D eigenvalue weighted by Gasteiger charge is 2.78. The molecule has 3 aliphatic carbocycles. The fourth-order valence-corrected chi connectivity index (χ4v) is 8.16. The summed E-state index contributed by atoms with van der Waals surface area (Å²) in [5.74, 6) is -3.27. The molecule has 3 saturated heterocycles. The molecular formula is C37H45F3N2O11. The normalized spacial score (nSPS) is 31.2. The number of aliphatic hydroxyl groups excluding tert-OH is 1. The van der Waals surface area contributed by atoms with Crippen LogP contribution >= 0.6 is 0 Å². The number of nitrogens with zero attached hydrogens (tertiary/aromatic N) is 1. The summed E-state index contributed by atoms with van der Waals surface area (Å²) < 4.78 is 66.4. The molecular weight excluding hydrogens is 705 g/mol. The van der Waals surface area contributed by atoms with E-state index in [1.54, 1.807) is 45.0 Å². The Labute approximate surface area is 304 Å². The molecule has 16 heteroatoms. The molecule has 6 fully saturated rings. The van der Waals surface area contributed by atoms with Crippen LogP contribution in [0.25, 0.3) is 6.08 Å². The van der Waals surface area contributed by atoms with Gasteiger partial charge in [0.1, 0.15) is 35.4 Å². The number of fused-ring (bicyclic) bond motifs is 4. The van der Waals surface area contributed by atoms with Crippen LogP contribution in [0.4, 0.5) is 13.2 Å². The third-order valence-corrected chi connectivity index (χ3v) is 10.7. The topological polar surface area (TPSA) is 159 Å². The van der Waals surface area contributed by atoms with Crippen LogP contribution < -0.4 is 5.32 Å². The summed E-state index contributed by atoms with van der Waals surface area (Å²) >= 11 is 0. The maximum absolute atomic E-state index is 14.6. The summed E-state index contributed by atoms with van der Waals surface area (Å²) in [6.07, 6.45) is -1.63. The largest absolute Gasteiger partial charge is 0.460 e. The first-order chi connectivity index (χ1) is 25.0. The summed E-state index contributed by atoms with van der Waals surface area (Å²) in [5.41, 5.74) is -1.04. The number of hydrogen-bond donors (Lipinski definition) is 2. The minimum atomic E-state index is -4.64. The zero-order valence-electron chi connectivity index (χ0n) is 29.8. The quantitative estimate of drug-likeness (QED) is 0.172. The van der Waals surface area contributed by atoms with Gasteiger partial charge >= 0.3 is 24.1 Å². The highest BCUT2D eigenvalue weighted by molar-refractivity contribution is 5.94. The van der Waals surface area contributed by atoms with Crippen molar-refractivity contribution in [2.24, 2.45) is 17.3 Å². The Hall–Kier alpha value is -3.57. The zero-order chi connectivity index (χ0) is 37.9. The molecule has 0 aromatic heterocycles. The molecule has 0 radical (unpaired) electrons. The van der Waals surface area contributed by atoms with Gasteiger partial charge < -0.3 is 34.1 Å². The maximum atomic E-state index is 14.6. The van der Waals surface area contributed by atoms with Crippen LogP contribution in [0, 0.1) is 17.3 Å². The van der Waals surface area contributed by atoms with E-state index in [0.29, 0.717) is 11.1 Å². The van der Waals surface area contributed by atoms with Crippen LogP contribution in [-0.2, 0) is 54.2 Å². The van der Waals surface area contributed by atoms with E-state index in [1.807, 2.05) is 0 Å². The van der Waals surface area contributed by atoms with Gasteiger partial charge in [-0.25, -0.2) is 4.79 Å². The monoisotopic (exact) mass is 750 g/mol. The maximum Gasteiger partial charge on any atom is 0.422 e. The molecule has 7 unspecified atom stereocenters. The van der Waals surface area contributed by atoms with E-state index in [1.165, 1.54) is 11.1 Å². The third-order valence-electron chi connectivity index (χ3n) is 10.7. The number of ether oxygens (including phenoxy) is 5. The van der Waals surface area contributed by atoms with Crippen LogP contribution in [0.2, 0.25) is 0 Å². The molecule has 3 saturated carbocycles. The van der Waals surface area contributed by atoms with Crippen molar-refractivity contribution in [2.45, 2.75) is 126 Å². The number of carbonyl (C=O) groups excluding carboxylic acids is 4. The summed E-state index contributed by atoms with van der Waals surface area (Å²) in [4.78, 5) is 59.4. The first-order valence-corrected chi connectivity index (χ1v) is 18.1. The molecule has 53 heavy (non-hydrogen) atoms. The fourth-order valence-electron chi connectivity index (χ4n) is 8.16. The summed E-state index contributed by atoms with van der Waals surface area (Å²) in [5, 5.41) is 14.6. The van der Waals surface area contributed by atoms with Crippen molar-refractivity contribution in [1.82, 2.24) is 10.4 Å². The SMILES string of the molecule is CC(C)(C)OC(=O)CCC(CO)NC(=O)C12CC3OC(=O)C1N(Cc1ccc(C=CC(=O)OCC(F)(F)F)cc1)OC2C1OC(C2CC2)(C2CC2)OC31. The average Bonchev–Trinajstić information content (AvgIpc) is 4.03. The van der Waals surface area contributed by atoms with Gasteiger partial charge in [0.25, 0.3) is 0 Å². The number of nitrogens with one attached hydrogen (secondary N) is 1. The van der Waals surface area contributed by atoms with Gasteiger partial charge in [-0.1, -0.05) is 24.3 Å². The van der Waals surface area contributed by atoms with Crippen molar-refractivity contribution in [2.75, 3.05) is 13.2 Å². The number of aliphatic hydroxyl groups is 1. The first kappa shape index (κ1) is 37.7. The number of esters is 3. The summed E-state index contributed by atoms with van der Waals surface area (Å²) in [6.45, 7) is 3.12. The lowest BCUT2D eigenvalue weighted by atomic mass is 9.62. The molecule has 2 bridgehead atoms. The fraction of sp³-hybridized carbons (Fsp3) is 0.676. The van der Waals surface area contributed by atoms with Gasteiger partial charge in [-0.05, 0) is 70.1 Å². The predicted molar refractivity (Wildman–Crippen MR) is 176 cm³/mol. The number of carbonyl (C=O) groups is 4. The highest BCUT2D eigenvalue weighted by atomic mass is 19.4. The lowest BCUT2D eigenvalue weighted by Crippen LogP contribution is -2.70. The van der Waals surface area contributed by atoms with Gasteiger partial charge in [-0.15, -0.1) is 0 Å². The van der Waals surface area contributed by atoms with E-state index in [-0.39, 0.29) is 37.6 Å². The summed E-state index contributed by atoms with van der Waals surface area (Å²) in [7, 11) is 0. The Balaban J connectivity index is 1.13. The highest BCUT2D eigenvalue weighted by Crippen LogP contribution is 2.63. The van der Waals surface area contributed by atoms with Crippen molar-refractivity contribution in [3.8, 4) is 0 Å². The molecule has 1 aromatic carbocycles. The molecule has 290 valence electrons. The van der Waals surface area contributed by atoms with E-state index in [2.05, 4.69) is 10.1 Å². The Morgan fingerprint density at radius 2 is 1.72 bits per heavy atom. The van der Waals surface area contributed by atoms with Crippen LogP contribution in [0.15, 0.2) is 30.3 Å². The summed E-state index contributed by atoms with van der Waals surface area (Å²) in [6, 6.07) is 4.62. The van der Waals surface area contributed by atoms with Crippen LogP contribution in [-0.4, -0.2) is 101 Å². The number of hydroxylamine groups is 2. The molecule has 0 spiro atoms. The molecule has 7 atom stereocenters. The van der Waals surface area contributed by atoms with Gasteiger partial charge in [-0.3, -0.25) is 19.2 Å².